The van der Waals surface area contributed by atoms with E-state index in [9.17, 15) is 26.3 Å². The molecular formula is C18H15F6N7O. The lowest BCUT2D eigenvalue weighted by atomic mass is 10.00. The summed E-state index contributed by atoms with van der Waals surface area (Å²) in [5.41, 5.74) is -0.452. The van der Waals surface area contributed by atoms with Crippen molar-refractivity contribution in [2.45, 2.75) is 38.4 Å². The van der Waals surface area contributed by atoms with Crippen molar-refractivity contribution in [3.05, 3.63) is 53.0 Å². The van der Waals surface area contributed by atoms with Gasteiger partial charge in [-0.2, -0.15) is 36.4 Å². The highest BCUT2D eigenvalue weighted by molar-refractivity contribution is 5.73. The molecule has 2 aliphatic rings. The Labute approximate surface area is 175 Å². The fraction of sp³-hybridized carbons (Fsp3) is 0.444. The second kappa shape index (κ2) is 7.18. The zero-order chi connectivity index (χ0) is 22.7. The van der Waals surface area contributed by atoms with E-state index in [4.69, 9.17) is 4.52 Å². The first-order valence-corrected chi connectivity index (χ1v) is 9.60. The molecule has 14 heteroatoms. The van der Waals surface area contributed by atoms with Crippen LogP contribution in [0.3, 0.4) is 0 Å². The van der Waals surface area contributed by atoms with Crippen LogP contribution in [0.5, 0.6) is 0 Å². The Balaban J connectivity index is 1.48. The van der Waals surface area contributed by atoms with Crippen LogP contribution in [0.4, 0.5) is 26.3 Å². The standard InChI is InChI=1S/C18H15F6N7O/c19-17(20,21)9-5-11(16-26-3-4-30(16)7-9)15-27-13(32-29-15)8-31-12-6-25-2-1-10(12)14(28-31)18(22,23)24/h3-5,9,25H,1-2,6-8H2. The van der Waals surface area contributed by atoms with E-state index in [2.05, 4.69) is 25.5 Å². The second-order valence-corrected chi connectivity index (χ2v) is 7.50. The average Bonchev–Trinajstić information content (AvgIpc) is 3.45. The summed E-state index contributed by atoms with van der Waals surface area (Å²) in [7, 11) is 0. The Morgan fingerprint density at radius 3 is 2.75 bits per heavy atom. The van der Waals surface area contributed by atoms with Crippen molar-refractivity contribution in [1.29, 1.82) is 0 Å². The van der Waals surface area contributed by atoms with Crippen LogP contribution in [-0.2, 0) is 32.2 Å². The van der Waals surface area contributed by atoms with E-state index in [0.717, 1.165) is 10.8 Å². The predicted molar refractivity (Wildman–Crippen MR) is 94.9 cm³/mol. The number of hydrogen-bond donors (Lipinski definition) is 1. The minimum atomic E-state index is -4.61. The molecule has 2 aliphatic heterocycles. The summed E-state index contributed by atoms with van der Waals surface area (Å²) in [6, 6.07) is 0. The SMILES string of the molecule is FC(F)(F)c1nn(Cc2nc(C3=CC(C(F)(F)F)Cn4ccnc43)no2)c2c1CCNC2. The van der Waals surface area contributed by atoms with Gasteiger partial charge in [0.05, 0.1) is 17.2 Å². The molecule has 5 rings (SSSR count). The van der Waals surface area contributed by atoms with E-state index in [-0.39, 0.29) is 54.7 Å². The molecule has 3 aromatic heterocycles. The van der Waals surface area contributed by atoms with Gasteiger partial charge in [0, 0.05) is 31.0 Å². The van der Waals surface area contributed by atoms with Crippen LogP contribution < -0.4 is 5.32 Å². The Kier molecular flexibility index (Phi) is 4.65. The van der Waals surface area contributed by atoms with Crippen LogP contribution in [0, 0.1) is 5.92 Å². The summed E-state index contributed by atoms with van der Waals surface area (Å²) >= 11 is 0. The molecule has 0 aliphatic carbocycles. The topological polar surface area (TPSA) is 86.6 Å². The van der Waals surface area contributed by atoms with Gasteiger partial charge in [-0.3, -0.25) is 4.68 Å². The molecule has 8 nitrogen and oxygen atoms in total. The maximum Gasteiger partial charge on any atom is 0.435 e. The first-order valence-electron chi connectivity index (χ1n) is 9.60. The van der Waals surface area contributed by atoms with Gasteiger partial charge in [0.2, 0.25) is 11.7 Å². The van der Waals surface area contributed by atoms with E-state index >= 15 is 0 Å². The van der Waals surface area contributed by atoms with Crippen LogP contribution in [0.25, 0.3) is 5.57 Å². The minimum absolute atomic E-state index is 0.0405. The van der Waals surface area contributed by atoms with E-state index in [1.807, 2.05) is 0 Å². The van der Waals surface area contributed by atoms with Crippen LogP contribution in [0.1, 0.15) is 34.5 Å². The lowest BCUT2D eigenvalue weighted by Crippen LogP contribution is -2.29. The minimum Gasteiger partial charge on any atom is -0.337 e. The summed E-state index contributed by atoms with van der Waals surface area (Å²) in [4.78, 5) is 8.18. The monoisotopic (exact) mass is 459 g/mol. The van der Waals surface area contributed by atoms with E-state index in [0.29, 0.717) is 12.2 Å². The van der Waals surface area contributed by atoms with Crippen LogP contribution in [0.2, 0.25) is 0 Å². The number of nitrogens with one attached hydrogen (secondary N) is 1. The highest BCUT2D eigenvalue weighted by Crippen LogP contribution is 2.37. The van der Waals surface area contributed by atoms with Crippen molar-refractivity contribution in [1.82, 2.24) is 34.8 Å². The van der Waals surface area contributed by atoms with Gasteiger partial charge in [-0.25, -0.2) is 4.98 Å². The van der Waals surface area contributed by atoms with Crippen LogP contribution >= 0.6 is 0 Å². The molecule has 0 aromatic carbocycles. The largest absolute Gasteiger partial charge is 0.435 e. The number of halogens is 6. The highest BCUT2D eigenvalue weighted by atomic mass is 19.4. The van der Waals surface area contributed by atoms with Gasteiger partial charge in [0.1, 0.15) is 12.4 Å². The first-order chi connectivity index (χ1) is 15.1. The first kappa shape index (κ1) is 20.7. The molecular weight excluding hydrogens is 444 g/mol. The van der Waals surface area contributed by atoms with Gasteiger partial charge in [-0.1, -0.05) is 11.2 Å². The lowest BCUT2D eigenvalue weighted by Gasteiger charge is -2.23. The fourth-order valence-corrected chi connectivity index (χ4v) is 3.94. The zero-order valence-corrected chi connectivity index (χ0v) is 16.2. The molecule has 0 bridgehead atoms. The van der Waals surface area contributed by atoms with Gasteiger partial charge >= 0.3 is 12.4 Å². The number of rotatable bonds is 3. The van der Waals surface area contributed by atoms with Crippen molar-refractivity contribution in [2.24, 2.45) is 5.92 Å². The van der Waals surface area contributed by atoms with E-state index < -0.39 is 24.0 Å². The molecule has 1 N–H and O–H groups in total. The molecule has 0 radical (unpaired) electrons. The maximum atomic E-state index is 13.4. The number of aromatic nitrogens is 6. The van der Waals surface area contributed by atoms with E-state index in [1.165, 1.54) is 17.0 Å². The Morgan fingerprint density at radius 2 is 2.00 bits per heavy atom. The van der Waals surface area contributed by atoms with Crippen molar-refractivity contribution in [3.63, 3.8) is 0 Å². The summed E-state index contributed by atoms with van der Waals surface area (Å²) in [6.07, 6.45) is -5.14. The fourth-order valence-electron chi connectivity index (χ4n) is 3.94. The number of imidazole rings is 1. The van der Waals surface area contributed by atoms with Gasteiger partial charge < -0.3 is 14.4 Å². The van der Waals surface area contributed by atoms with Crippen molar-refractivity contribution >= 4 is 5.57 Å². The molecule has 170 valence electrons. The molecule has 1 atom stereocenters. The molecule has 0 saturated carbocycles. The van der Waals surface area contributed by atoms with Gasteiger partial charge in [-0.15, -0.1) is 0 Å². The molecule has 3 aromatic rings. The number of hydrogen-bond acceptors (Lipinski definition) is 6. The highest BCUT2D eigenvalue weighted by Gasteiger charge is 2.42. The normalized spacial score (nSPS) is 18.9. The number of allylic oxidation sites excluding steroid dienone is 1. The second-order valence-electron chi connectivity index (χ2n) is 7.50. The van der Waals surface area contributed by atoms with Crippen molar-refractivity contribution < 1.29 is 30.9 Å². The van der Waals surface area contributed by atoms with Crippen LogP contribution in [0.15, 0.2) is 23.0 Å². The number of alkyl halides is 6. The zero-order valence-electron chi connectivity index (χ0n) is 16.2. The van der Waals surface area contributed by atoms with Gasteiger partial charge in [0.25, 0.3) is 0 Å². The predicted octanol–water partition coefficient (Wildman–Crippen LogP) is 2.80. The Morgan fingerprint density at radius 1 is 1.19 bits per heavy atom. The maximum absolute atomic E-state index is 13.4. The Hall–Kier alpha value is -3.16. The number of fused-ring (bicyclic) bond motifs is 2. The average molecular weight is 459 g/mol. The van der Waals surface area contributed by atoms with Gasteiger partial charge in [-0.05, 0) is 13.0 Å². The third-order valence-corrected chi connectivity index (χ3v) is 5.41. The number of nitrogens with zero attached hydrogens (tertiary/aromatic N) is 6. The molecule has 0 amide bonds. The molecule has 5 heterocycles. The summed E-state index contributed by atoms with van der Waals surface area (Å²) < 4.78 is 87.7. The van der Waals surface area contributed by atoms with E-state index in [1.54, 1.807) is 0 Å². The summed E-state index contributed by atoms with van der Waals surface area (Å²) in [5, 5.41) is 10.4. The van der Waals surface area contributed by atoms with Crippen LogP contribution in [-0.4, -0.2) is 42.2 Å². The Bertz CT molecular complexity index is 1190. The molecule has 0 saturated heterocycles. The summed E-state index contributed by atoms with van der Waals surface area (Å²) in [5.74, 6) is -1.73. The third kappa shape index (κ3) is 3.57. The molecule has 0 spiro atoms. The van der Waals surface area contributed by atoms with Crippen molar-refractivity contribution in [3.8, 4) is 0 Å². The molecule has 32 heavy (non-hydrogen) atoms. The third-order valence-electron chi connectivity index (χ3n) is 5.41. The molecule has 0 fully saturated rings. The smallest absolute Gasteiger partial charge is 0.337 e. The quantitative estimate of drug-likeness (QED) is 0.607. The summed E-state index contributed by atoms with van der Waals surface area (Å²) in [6.45, 7) is 0.0140. The molecule has 1 unspecified atom stereocenters. The van der Waals surface area contributed by atoms with Crippen molar-refractivity contribution in [2.75, 3.05) is 6.54 Å². The van der Waals surface area contributed by atoms with Gasteiger partial charge in [0.15, 0.2) is 5.69 Å². The lowest BCUT2D eigenvalue weighted by molar-refractivity contribution is -0.164.